The third kappa shape index (κ3) is 3.16. The zero-order chi connectivity index (χ0) is 28.9. The molecule has 0 bridgehead atoms. The number of aliphatic hydroxyl groups is 2. The lowest BCUT2D eigenvalue weighted by Crippen LogP contribution is -2.66. The summed E-state index contributed by atoms with van der Waals surface area (Å²) in [7, 11) is 1.71. The van der Waals surface area contributed by atoms with E-state index in [2.05, 4.69) is 5.32 Å². The summed E-state index contributed by atoms with van der Waals surface area (Å²) in [4.78, 5) is 39.6. The van der Waals surface area contributed by atoms with E-state index >= 15 is 0 Å². The van der Waals surface area contributed by atoms with Crippen molar-refractivity contribution in [2.24, 2.45) is 34.5 Å². The maximum atomic E-state index is 13.7. The summed E-state index contributed by atoms with van der Waals surface area (Å²) in [5, 5.41) is 27.2. The molecule has 2 saturated carbocycles. The number of rotatable bonds is 4. The van der Waals surface area contributed by atoms with Gasteiger partial charge in [-0.05, 0) is 37.1 Å². The van der Waals surface area contributed by atoms with Crippen LogP contribution in [0.15, 0.2) is 47.6 Å². The number of hydrogen-bond acceptors (Lipinski definition) is 8. The van der Waals surface area contributed by atoms with Crippen molar-refractivity contribution in [1.29, 1.82) is 0 Å². The van der Waals surface area contributed by atoms with Crippen molar-refractivity contribution in [3.05, 3.63) is 53.1 Å². The Labute approximate surface area is 229 Å². The lowest BCUT2D eigenvalue weighted by molar-refractivity contribution is -0.221. The number of Topliss-reactive ketones (excluding diaryl/α,β-unsaturated/α-hetero) is 1. The van der Waals surface area contributed by atoms with Crippen LogP contribution in [0, 0.1) is 34.5 Å². The van der Waals surface area contributed by atoms with Gasteiger partial charge in [0.05, 0.1) is 23.2 Å². The smallest absolute Gasteiger partial charge is 0.340 e. The molecule has 1 aromatic carbocycles. The second-order valence-electron chi connectivity index (χ2n) is 12.6. The summed E-state index contributed by atoms with van der Waals surface area (Å²) in [5.41, 5.74) is -2.48. The molecule has 0 spiro atoms. The van der Waals surface area contributed by atoms with Crippen molar-refractivity contribution in [3.63, 3.8) is 0 Å². The molecule has 9 atom stereocenters. The maximum absolute atomic E-state index is 13.7. The minimum absolute atomic E-state index is 0.199. The first kappa shape index (κ1) is 27.6. The van der Waals surface area contributed by atoms with Gasteiger partial charge in [0, 0.05) is 48.2 Å². The summed E-state index contributed by atoms with van der Waals surface area (Å²) in [6.07, 6.45) is 1.51. The third-order valence-corrected chi connectivity index (χ3v) is 10.9. The Morgan fingerprint density at radius 3 is 2.33 bits per heavy atom. The molecular formula is C31H39NO7. The van der Waals surface area contributed by atoms with Crippen LogP contribution in [0.1, 0.15) is 58.8 Å². The van der Waals surface area contributed by atoms with Gasteiger partial charge >= 0.3 is 11.9 Å². The number of hydrogen-bond donors (Lipinski definition) is 3. The fourth-order valence-corrected chi connectivity index (χ4v) is 8.59. The van der Waals surface area contributed by atoms with Crippen LogP contribution in [-0.4, -0.2) is 58.4 Å². The molecule has 0 radical (unpaired) electrons. The fourth-order valence-electron chi connectivity index (χ4n) is 8.59. The summed E-state index contributed by atoms with van der Waals surface area (Å²) < 4.78 is 12.5. The fraction of sp³-hybridized carbons (Fsp3) is 0.581. The van der Waals surface area contributed by atoms with E-state index in [1.54, 1.807) is 58.2 Å². The normalized spacial score (nSPS) is 41.6. The quantitative estimate of drug-likeness (QED) is 0.393. The van der Waals surface area contributed by atoms with Crippen LogP contribution in [0.2, 0.25) is 0 Å². The molecule has 210 valence electrons. The number of carbonyl (C=O) groups is 3. The average molecular weight is 538 g/mol. The molecule has 4 aliphatic carbocycles. The van der Waals surface area contributed by atoms with Crippen LogP contribution >= 0.6 is 0 Å². The van der Waals surface area contributed by atoms with Crippen molar-refractivity contribution in [2.45, 2.75) is 71.9 Å². The number of allylic oxidation sites excluding steroid dienone is 1. The molecule has 4 aliphatic rings. The number of aliphatic hydroxyl groups excluding tert-OH is 1. The minimum atomic E-state index is -1.59. The minimum Gasteiger partial charge on any atom is -0.454 e. The van der Waals surface area contributed by atoms with Crippen LogP contribution in [-0.2, 0) is 19.1 Å². The Morgan fingerprint density at radius 1 is 1.08 bits per heavy atom. The monoisotopic (exact) mass is 537 g/mol. The van der Waals surface area contributed by atoms with Gasteiger partial charge in [-0.15, -0.1) is 0 Å². The second kappa shape index (κ2) is 8.51. The van der Waals surface area contributed by atoms with Crippen LogP contribution in [0.3, 0.4) is 0 Å². The van der Waals surface area contributed by atoms with Crippen LogP contribution < -0.4 is 5.32 Å². The molecule has 0 unspecified atom stereocenters. The molecule has 0 aliphatic heterocycles. The number of ether oxygens (including phenoxy) is 2. The molecule has 39 heavy (non-hydrogen) atoms. The van der Waals surface area contributed by atoms with E-state index in [1.165, 1.54) is 6.92 Å². The van der Waals surface area contributed by atoms with Gasteiger partial charge in [-0.3, -0.25) is 9.59 Å². The lowest BCUT2D eigenvalue weighted by atomic mass is 9.56. The first-order chi connectivity index (χ1) is 18.1. The highest BCUT2D eigenvalue weighted by Gasteiger charge is 2.94. The first-order valence-electron chi connectivity index (χ1n) is 13.6. The molecule has 5 rings (SSSR count). The molecule has 1 aromatic rings. The number of anilines is 1. The number of nitrogens with one attached hydrogen (secondary N) is 1. The predicted octanol–water partition coefficient (Wildman–Crippen LogP) is 3.68. The van der Waals surface area contributed by atoms with Gasteiger partial charge in [0.25, 0.3) is 0 Å². The molecule has 0 heterocycles. The van der Waals surface area contributed by atoms with E-state index < -0.39 is 69.9 Å². The number of esters is 2. The highest BCUT2D eigenvalue weighted by atomic mass is 16.6. The van der Waals surface area contributed by atoms with E-state index in [9.17, 15) is 24.6 Å². The Kier molecular flexibility index (Phi) is 6.02. The van der Waals surface area contributed by atoms with Gasteiger partial charge < -0.3 is 25.0 Å². The van der Waals surface area contributed by atoms with Crippen molar-refractivity contribution in [3.8, 4) is 0 Å². The number of ketones is 1. The van der Waals surface area contributed by atoms with E-state index in [0.717, 1.165) is 0 Å². The Bertz CT molecular complexity index is 1330. The van der Waals surface area contributed by atoms with Crippen LogP contribution in [0.4, 0.5) is 5.69 Å². The first-order valence-corrected chi connectivity index (χ1v) is 13.6. The molecular weight excluding hydrogens is 498 g/mol. The van der Waals surface area contributed by atoms with Crippen molar-refractivity contribution in [2.75, 3.05) is 12.4 Å². The summed E-state index contributed by atoms with van der Waals surface area (Å²) in [6.45, 7) is 12.5. The molecule has 8 nitrogen and oxygen atoms in total. The third-order valence-electron chi connectivity index (χ3n) is 10.9. The molecule has 0 amide bonds. The second-order valence-corrected chi connectivity index (χ2v) is 12.6. The molecule has 0 saturated heterocycles. The number of fused-ring (bicyclic) bond motifs is 5. The van der Waals surface area contributed by atoms with Gasteiger partial charge in [0.1, 0.15) is 6.10 Å². The Balaban J connectivity index is 1.72. The van der Waals surface area contributed by atoms with Gasteiger partial charge in [-0.2, -0.15) is 0 Å². The molecule has 3 N–H and O–H groups in total. The summed E-state index contributed by atoms with van der Waals surface area (Å²) >= 11 is 0. The lowest BCUT2D eigenvalue weighted by Gasteiger charge is -2.54. The average Bonchev–Trinajstić information content (AvgIpc) is 3.11. The van der Waals surface area contributed by atoms with E-state index in [-0.39, 0.29) is 5.78 Å². The summed E-state index contributed by atoms with van der Waals surface area (Å²) in [6, 6.07) is 6.96. The Hall–Kier alpha value is -2.97. The largest absolute Gasteiger partial charge is 0.454 e. The number of benzene rings is 1. The van der Waals surface area contributed by atoms with E-state index in [1.807, 2.05) is 26.8 Å². The standard InChI is InChI=1S/C31H39NO7/c1-15-13-20-23(24(15)34)25(35)16(2)14-22-29(7)28(5,6)31(29,39-18(4)33)26(17(3)30(20,22)37)38-27(36)19-11-9-10-12-21(19)32-8/h9-14,17,20,22-23,25-26,32,35,37H,1-8H3/t17-,20-,22+,23+,25-,26-,29-,30+,31-/m1/s1. The van der Waals surface area contributed by atoms with Gasteiger partial charge in [0.15, 0.2) is 11.4 Å². The topological polar surface area (TPSA) is 122 Å². The number of carbonyl (C=O) groups excluding carboxylic acids is 3. The maximum Gasteiger partial charge on any atom is 0.340 e. The van der Waals surface area contributed by atoms with E-state index in [0.29, 0.717) is 22.4 Å². The number of para-hydroxylation sites is 1. The Morgan fingerprint density at radius 2 is 1.72 bits per heavy atom. The summed E-state index contributed by atoms with van der Waals surface area (Å²) in [5.74, 6) is -4.26. The van der Waals surface area contributed by atoms with E-state index in [4.69, 9.17) is 9.47 Å². The molecule has 0 aromatic heterocycles. The zero-order valence-electron chi connectivity index (χ0n) is 23.9. The molecule has 8 heteroatoms. The molecule has 2 fully saturated rings. The van der Waals surface area contributed by atoms with Crippen molar-refractivity contribution < 1.29 is 34.1 Å². The van der Waals surface area contributed by atoms with Gasteiger partial charge in [0.2, 0.25) is 0 Å². The van der Waals surface area contributed by atoms with Gasteiger partial charge in [-0.25, -0.2) is 4.79 Å². The van der Waals surface area contributed by atoms with Gasteiger partial charge in [-0.1, -0.05) is 52.0 Å². The van der Waals surface area contributed by atoms with Crippen molar-refractivity contribution in [1.82, 2.24) is 0 Å². The SMILES string of the molecule is CNc1ccccc1C(=O)O[C@@H]1[C@@H](C)[C@]2(O)[C@@H]3C=C(C)C(=O)[C@H]3[C@H](O)C(C)=C[C@H]2[C@]2(C)C(C)(C)[C@]12OC(C)=O. The van der Waals surface area contributed by atoms with Crippen LogP contribution in [0.5, 0.6) is 0 Å². The predicted molar refractivity (Wildman–Crippen MR) is 145 cm³/mol. The highest BCUT2D eigenvalue weighted by Crippen LogP contribution is 2.84. The van der Waals surface area contributed by atoms with Crippen molar-refractivity contribution >= 4 is 23.4 Å². The van der Waals surface area contributed by atoms with Crippen LogP contribution in [0.25, 0.3) is 0 Å². The highest BCUT2D eigenvalue weighted by molar-refractivity contribution is 6.00. The zero-order valence-corrected chi connectivity index (χ0v) is 23.9.